The fourth-order valence-electron chi connectivity index (χ4n) is 2.75. The summed E-state index contributed by atoms with van der Waals surface area (Å²) in [5.74, 6) is 0.606. The smallest absolute Gasteiger partial charge is 0.255 e. The minimum Gasteiger partial charge on any atom is -0.372 e. The normalized spacial score (nSPS) is 16.6. The van der Waals surface area contributed by atoms with Gasteiger partial charge in [-0.2, -0.15) is 0 Å². The zero-order valence-electron chi connectivity index (χ0n) is 12.2. The zero-order valence-corrected chi connectivity index (χ0v) is 12.9. The Bertz CT molecular complexity index is 470. The van der Waals surface area contributed by atoms with Crippen molar-refractivity contribution >= 4 is 23.3 Å². The molecule has 1 aromatic heterocycles. The molecule has 1 aliphatic carbocycles. The first kappa shape index (κ1) is 15.1. The van der Waals surface area contributed by atoms with Crippen molar-refractivity contribution in [1.82, 2.24) is 9.88 Å². The maximum absolute atomic E-state index is 12.5. The number of hydrogen-bond donors (Lipinski definition) is 1. The van der Waals surface area contributed by atoms with Crippen molar-refractivity contribution < 1.29 is 4.79 Å². The number of nitrogens with zero attached hydrogens (tertiary/aromatic N) is 2. The van der Waals surface area contributed by atoms with Gasteiger partial charge in [0.2, 0.25) is 0 Å². The summed E-state index contributed by atoms with van der Waals surface area (Å²) < 4.78 is 0. The number of rotatable bonds is 3. The molecule has 1 fully saturated rings. The van der Waals surface area contributed by atoms with E-state index in [-0.39, 0.29) is 5.91 Å². The molecule has 0 saturated heterocycles. The van der Waals surface area contributed by atoms with Crippen molar-refractivity contribution in [3.8, 4) is 0 Å². The van der Waals surface area contributed by atoms with Gasteiger partial charge in [-0.1, -0.05) is 37.3 Å². The van der Waals surface area contributed by atoms with Crippen molar-refractivity contribution in [1.29, 1.82) is 0 Å². The molecule has 1 aliphatic rings. The fourth-order valence-corrected chi connectivity index (χ4v) is 3.01. The number of pyridine rings is 1. The van der Waals surface area contributed by atoms with Gasteiger partial charge in [-0.05, 0) is 18.9 Å². The van der Waals surface area contributed by atoms with Crippen LogP contribution in [0.5, 0.6) is 0 Å². The van der Waals surface area contributed by atoms with Crippen molar-refractivity contribution in [2.75, 3.05) is 19.4 Å². The molecule has 0 radical (unpaired) electrons. The Labute approximate surface area is 125 Å². The molecule has 5 heteroatoms. The van der Waals surface area contributed by atoms with E-state index in [0.717, 1.165) is 12.8 Å². The van der Waals surface area contributed by atoms with Gasteiger partial charge in [-0.15, -0.1) is 0 Å². The summed E-state index contributed by atoms with van der Waals surface area (Å²) in [7, 11) is 3.64. The van der Waals surface area contributed by atoms with Gasteiger partial charge in [0.25, 0.3) is 5.91 Å². The minimum atomic E-state index is 0.00829. The zero-order chi connectivity index (χ0) is 14.5. The molecule has 0 unspecified atom stereocenters. The Balaban J connectivity index is 2.11. The first-order valence-electron chi connectivity index (χ1n) is 7.24. The summed E-state index contributed by atoms with van der Waals surface area (Å²) in [5.41, 5.74) is 0.556. The molecule has 0 atom stereocenters. The minimum absolute atomic E-state index is 0.00829. The number of amides is 1. The Kier molecular flexibility index (Phi) is 5.24. The number of carbonyl (C=O) groups is 1. The molecule has 20 heavy (non-hydrogen) atoms. The molecule has 1 amide bonds. The average molecular weight is 296 g/mol. The Morgan fingerprint density at radius 2 is 2.00 bits per heavy atom. The summed E-state index contributed by atoms with van der Waals surface area (Å²) in [6, 6.07) is 2.03. The third-order valence-corrected chi connectivity index (χ3v) is 4.31. The van der Waals surface area contributed by atoms with Crippen molar-refractivity contribution in [2.45, 2.75) is 44.6 Å². The topological polar surface area (TPSA) is 45.2 Å². The van der Waals surface area contributed by atoms with Crippen LogP contribution in [-0.4, -0.2) is 35.9 Å². The fraction of sp³-hybridized carbons (Fsp3) is 0.600. The van der Waals surface area contributed by atoms with E-state index < -0.39 is 0 Å². The van der Waals surface area contributed by atoms with Gasteiger partial charge in [0.1, 0.15) is 5.82 Å². The van der Waals surface area contributed by atoms with Gasteiger partial charge < -0.3 is 10.2 Å². The van der Waals surface area contributed by atoms with E-state index in [0.29, 0.717) is 22.4 Å². The maximum atomic E-state index is 12.5. The highest BCUT2D eigenvalue weighted by Crippen LogP contribution is 2.24. The van der Waals surface area contributed by atoms with E-state index in [1.807, 2.05) is 11.9 Å². The van der Waals surface area contributed by atoms with Crippen LogP contribution in [0.3, 0.4) is 0 Å². The second-order valence-corrected chi connectivity index (χ2v) is 5.77. The highest BCUT2D eigenvalue weighted by atomic mass is 35.5. The lowest BCUT2D eigenvalue weighted by atomic mass is 10.1. The second-order valence-electron chi connectivity index (χ2n) is 5.37. The lowest BCUT2D eigenvalue weighted by Gasteiger charge is -2.27. The highest BCUT2D eigenvalue weighted by molar-refractivity contribution is 6.33. The second kappa shape index (κ2) is 6.93. The summed E-state index contributed by atoms with van der Waals surface area (Å²) in [6.07, 6.45) is 8.76. The van der Waals surface area contributed by atoms with E-state index in [1.165, 1.54) is 25.7 Å². The van der Waals surface area contributed by atoms with Crippen LogP contribution in [0, 0.1) is 0 Å². The molecule has 1 N–H and O–H groups in total. The van der Waals surface area contributed by atoms with Gasteiger partial charge in [0.15, 0.2) is 0 Å². The molecule has 1 aromatic rings. The monoisotopic (exact) mass is 295 g/mol. The summed E-state index contributed by atoms with van der Waals surface area (Å²) in [5, 5.41) is 3.37. The Morgan fingerprint density at radius 3 is 2.55 bits per heavy atom. The van der Waals surface area contributed by atoms with Gasteiger partial charge in [0.05, 0.1) is 10.6 Å². The molecular formula is C15H22ClN3O. The molecule has 0 aromatic carbocycles. The van der Waals surface area contributed by atoms with Crippen LogP contribution >= 0.6 is 11.6 Å². The number of halogens is 1. The standard InChI is InChI=1S/C15H22ClN3O/c1-17-14-13(16)9-11(10-18-14)15(20)19(2)12-7-5-3-4-6-8-12/h9-10,12H,3-8H2,1-2H3,(H,17,18). The molecule has 0 spiro atoms. The molecule has 1 saturated carbocycles. The van der Waals surface area contributed by atoms with E-state index in [4.69, 9.17) is 11.6 Å². The molecule has 2 rings (SSSR count). The summed E-state index contributed by atoms with van der Waals surface area (Å²) in [6.45, 7) is 0. The molecule has 4 nitrogen and oxygen atoms in total. The van der Waals surface area contributed by atoms with Crippen LogP contribution in [-0.2, 0) is 0 Å². The van der Waals surface area contributed by atoms with Crippen LogP contribution in [0.25, 0.3) is 0 Å². The van der Waals surface area contributed by atoms with Crippen LogP contribution in [0.1, 0.15) is 48.9 Å². The van der Waals surface area contributed by atoms with Gasteiger partial charge in [0, 0.05) is 26.3 Å². The van der Waals surface area contributed by atoms with Gasteiger partial charge >= 0.3 is 0 Å². The number of aromatic nitrogens is 1. The predicted octanol–water partition coefficient (Wildman–Crippen LogP) is 3.57. The van der Waals surface area contributed by atoms with Crippen molar-refractivity contribution in [3.05, 3.63) is 22.8 Å². The van der Waals surface area contributed by atoms with Gasteiger partial charge in [-0.25, -0.2) is 4.98 Å². The van der Waals surface area contributed by atoms with E-state index in [1.54, 1.807) is 19.3 Å². The SMILES string of the molecule is CNc1ncc(C(=O)N(C)C2CCCCCC2)cc1Cl. The number of hydrogen-bond acceptors (Lipinski definition) is 3. The summed E-state index contributed by atoms with van der Waals surface area (Å²) >= 11 is 6.09. The largest absolute Gasteiger partial charge is 0.372 e. The van der Waals surface area contributed by atoms with Crippen LogP contribution in [0.2, 0.25) is 5.02 Å². The van der Waals surface area contributed by atoms with Crippen LogP contribution in [0.15, 0.2) is 12.3 Å². The Hall–Kier alpha value is -1.29. The Morgan fingerprint density at radius 1 is 1.35 bits per heavy atom. The molecule has 110 valence electrons. The highest BCUT2D eigenvalue weighted by Gasteiger charge is 2.22. The van der Waals surface area contributed by atoms with Gasteiger partial charge in [-0.3, -0.25) is 4.79 Å². The average Bonchev–Trinajstić information content (AvgIpc) is 2.74. The van der Waals surface area contributed by atoms with Crippen molar-refractivity contribution in [2.24, 2.45) is 0 Å². The van der Waals surface area contributed by atoms with Crippen molar-refractivity contribution in [3.63, 3.8) is 0 Å². The first-order valence-corrected chi connectivity index (χ1v) is 7.61. The number of nitrogens with one attached hydrogen (secondary N) is 1. The quantitative estimate of drug-likeness (QED) is 0.867. The third-order valence-electron chi connectivity index (χ3n) is 4.02. The molecule has 0 bridgehead atoms. The lowest BCUT2D eigenvalue weighted by molar-refractivity contribution is 0.0717. The maximum Gasteiger partial charge on any atom is 0.255 e. The van der Waals surface area contributed by atoms with Crippen LogP contribution < -0.4 is 5.32 Å². The first-order chi connectivity index (χ1) is 9.63. The lowest BCUT2D eigenvalue weighted by Crippen LogP contribution is -2.36. The molecule has 0 aliphatic heterocycles. The number of anilines is 1. The third kappa shape index (κ3) is 3.42. The predicted molar refractivity (Wildman–Crippen MR) is 82.4 cm³/mol. The summed E-state index contributed by atoms with van der Waals surface area (Å²) in [4.78, 5) is 18.5. The number of carbonyl (C=O) groups excluding carboxylic acids is 1. The molecular weight excluding hydrogens is 274 g/mol. The molecule has 1 heterocycles. The van der Waals surface area contributed by atoms with E-state index in [2.05, 4.69) is 10.3 Å². The van der Waals surface area contributed by atoms with E-state index >= 15 is 0 Å². The van der Waals surface area contributed by atoms with E-state index in [9.17, 15) is 4.79 Å². The van der Waals surface area contributed by atoms with Crippen LogP contribution in [0.4, 0.5) is 5.82 Å².